The Kier molecular flexibility index (Phi) is 4.60. The largest absolute Gasteiger partial charge is 0.381 e. The Morgan fingerprint density at radius 1 is 1.32 bits per heavy atom. The van der Waals surface area contributed by atoms with Gasteiger partial charge in [-0.15, -0.1) is 0 Å². The molecule has 1 aromatic rings. The van der Waals surface area contributed by atoms with Crippen LogP contribution in [0.2, 0.25) is 0 Å². The first-order chi connectivity index (χ1) is 9.02. The van der Waals surface area contributed by atoms with E-state index in [1.807, 2.05) is 19.2 Å². The Labute approximate surface area is 115 Å². The molecular weight excluding hydrogens is 262 g/mol. The number of benzene rings is 1. The number of ether oxygens (including phenoxy) is 1. The molecule has 2 rings (SSSR count). The van der Waals surface area contributed by atoms with Crippen molar-refractivity contribution in [3.63, 3.8) is 0 Å². The third kappa shape index (κ3) is 3.55. The molecule has 1 unspecified atom stereocenters. The van der Waals surface area contributed by atoms with Crippen LogP contribution in [-0.2, 0) is 14.6 Å². The van der Waals surface area contributed by atoms with Crippen LogP contribution in [-0.4, -0.2) is 34.9 Å². The van der Waals surface area contributed by atoms with Gasteiger partial charge in [0.05, 0.1) is 4.90 Å². The lowest BCUT2D eigenvalue weighted by Crippen LogP contribution is -2.30. The van der Waals surface area contributed by atoms with Gasteiger partial charge in [-0.05, 0) is 43.5 Å². The van der Waals surface area contributed by atoms with E-state index in [1.54, 1.807) is 12.1 Å². The first-order valence-electron chi connectivity index (χ1n) is 6.57. The van der Waals surface area contributed by atoms with Crippen LogP contribution in [0.25, 0.3) is 0 Å². The van der Waals surface area contributed by atoms with Gasteiger partial charge >= 0.3 is 0 Å². The Morgan fingerprint density at radius 2 is 2.00 bits per heavy atom. The SMILES string of the molecule is CNC(c1cccc(S(C)(=O)=O)c1)C1CCOCC1. The summed E-state index contributed by atoms with van der Waals surface area (Å²) in [6, 6.07) is 7.42. The molecule has 0 aliphatic carbocycles. The van der Waals surface area contributed by atoms with Gasteiger partial charge in [-0.25, -0.2) is 8.42 Å². The standard InChI is InChI=1S/C14H21NO3S/c1-15-14(11-6-8-18-9-7-11)12-4-3-5-13(10-12)19(2,16)17/h3-5,10-11,14-15H,6-9H2,1-2H3. The second-order valence-corrected chi connectivity index (χ2v) is 7.08. The molecule has 19 heavy (non-hydrogen) atoms. The van der Waals surface area contributed by atoms with Gasteiger partial charge in [0.2, 0.25) is 0 Å². The average molecular weight is 283 g/mol. The Hall–Kier alpha value is -0.910. The molecule has 1 N–H and O–H groups in total. The second-order valence-electron chi connectivity index (χ2n) is 5.06. The zero-order valence-electron chi connectivity index (χ0n) is 11.4. The molecule has 0 bridgehead atoms. The number of sulfone groups is 1. The zero-order valence-corrected chi connectivity index (χ0v) is 12.2. The predicted molar refractivity (Wildman–Crippen MR) is 74.9 cm³/mol. The molecule has 1 heterocycles. The highest BCUT2D eigenvalue weighted by atomic mass is 32.2. The summed E-state index contributed by atoms with van der Waals surface area (Å²) in [5, 5.41) is 3.32. The average Bonchev–Trinajstić information content (AvgIpc) is 2.40. The highest BCUT2D eigenvalue weighted by molar-refractivity contribution is 7.90. The highest BCUT2D eigenvalue weighted by Gasteiger charge is 2.24. The predicted octanol–water partition coefficient (Wildman–Crippen LogP) is 1.78. The third-order valence-electron chi connectivity index (χ3n) is 3.69. The van der Waals surface area contributed by atoms with Crippen LogP contribution in [0.5, 0.6) is 0 Å². The van der Waals surface area contributed by atoms with Crippen molar-refractivity contribution in [2.45, 2.75) is 23.8 Å². The van der Waals surface area contributed by atoms with Crippen LogP contribution in [0, 0.1) is 5.92 Å². The monoisotopic (exact) mass is 283 g/mol. The van der Waals surface area contributed by atoms with Gasteiger partial charge in [0.1, 0.15) is 0 Å². The van der Waals surface area contributed by atoms with Gasteiger partial charge in [-0.2, -0.15) is 0 Å². The maximum Gasteiger partial charge on any atom is 0.175 e. The van der Waals surface area contributed by atoms with Gasteiger partial charge in [0.15, 0.2) is 9.84 Å². The molecule has 1 aromatic carbocycles. The van der Waals surface area contributed by atoms with E-state index in [-0.39, 0.29) is 6.04 Å². The van der Waals surface area contributed by atoms with Crippen LogP contribution in [0.4, 0.5) is 0 Å². The molecule has 106 valence electrons. The first kappa shape index (κ1) is 14.5. The molecule has 0 radical (unpaired) electrons. The van der Waals surface area contributed by atoms with E-state index < -0.39 is 9.84 Å². The lowest BCUT2D eigenvalue weighted by molar-refractivity contribution is 0.0546. The minimum atomic E-state index is -3.15. The fourth-order valence-electron chi connectivity index (χ4n) is 2.66. The number of hydrogen-bond donors (Lipinski definition) is 1. The molecule has 5 heteroatoms. The van der Waals surface area contributed by atoms with Crippen molar-refractivity contribution >= 4 is 9.84 Å². The van der Waals surface area contributed by atoms with Crippen LogP contribution in [0.15, 0.2) is 29.2 Å². The molecular formula is C14H21NO3S. The van der Waals surface area contributed by atoms with E-state index in [9.17, 15) is 8.42 Å². The Morgan fingerprint density at radius 3 is 2.58 bits per heavy atom. The summed E-state index contributed by atoms with van der Waals surface area (Å²) in [4.78, 5) is 0.386. The molecule has 1 aliphatic heterocycles. The molecule has 1 atom stereocenters. The molecule has 0 aromatic heterocycles. The van der Waals surface area contributed by atoms with Crippen molar-refractivity contribution in [3.8, 4) is 0 Å². The van der Waals surface area contributed by atoms with Crippen molar-refractivity contribution in [1.82, 2.24) is 5.32 Å². The van der Waals surface area contributed by atoms with Crippen molar-refractivity contribution < 1.29 is 13.2 Å². The summed E-state index contributed by atoms with van der Waals surface area (Å²) < 4.78 is 28.6. The number of rotatable bonds is 4. The molecule has 1 saturated heterocycles. The number of hydrogen-bond acceptors (Lipinski definition) is 4. The molecule has 1 fully saturated rings. The Bertz CT molecular complexity index is 521. The van der Waals surface area contributed by atoms with Crippen molar-refractivity contribution in [2.75, 3.05) is 26.5 Å². The van der Waals surface area contributed by atoms with E-state index in [0.717, 1.165) is 31.6 Å². The summed E-state index contributed by atoms with van der Waals surface area (Å²) >= 11 is 0. The molecule has 1 aliphatic rings. The van der Waals surface area contributed by atoms with Crippen LogP contribution < -0.4 is 5.32 Å². The third-order valence-corrected chi connectivity index (χ3v) is 4.80. The van der Waals surface area contributed by atoms with Crippen molar-refractivity contribution in [2.24, 2.45) is 5.92 Å². The minimum absolute atomic E-state index is 0.186. The summed E-state index contributed by atoms with van der Waals surface area (Å²) in [6.45, 7) is 1.57. The summed E-state index contributed by atoms with van der Waals surface area (Å²) in [7, 11) is -1.23. The second kappa shape index (κ2) is 6.03. The van der Waals surface area contributed by atoms with Crippen LogP contribution in [0.1, 0.15) is 24.4 Å². The maximum atomic E-state index is 11.6. The van der Waals surface area contributed by atoms with E-state index in [1.165, 1.54) is 6.26 Å². The summed E-state index contributed by atoms with van der Waals surface area (Å²) in [6.07, 6.45) is 3.26. The van der Waals surface area contributed by atoms with Crippen LogP contribution in [0.3, 0.4) is 0 Å². The molecule has 4 nitrogen and oxygen atoms in total. The fraction of sp³-hybridized carbons (Fsp3) is 0.571. The minimum Gasteiger partial charge on any atom is -0.381 e. The van der Waals surface area contributed by atoms with Gasteiger partial charge in [0, 0.05) is 25.5 Å². The first-order valence-corrected chi connectivity index (χ1v) is 8.46. The summed E-state index contributed by atoms with van der Waals surface area (Å²) in [5.41, 5.74) is 1.04. The normalized spacial score (nSPS) is 19.3. The molecule has 0 amide bonds. The lowest BCUT2D eigenvalue weighted by Gasteiger charge is -2.30. The van der Waals surface area contributed by atoms with Crippen molar-refractivity contribution in [3.05, 3.63) is 29.8 Å². The van der Waals surface area contributed by atoms with Crippen LogP contribution >= 0.6 is 0 Å². The van der Waals surface area contributed by atoms with E-state index in [0.29, 0.717) is 10.8 Å². The Balaban J connectivity index is 2.27. The van der Waals surface area contributed by atoms with Gasteiger partial charge in [0.25, 0.3) is 0 Å². The smallest absolute Gasteiger partial charge is 0.175 e. The van der Waals surface area contributed by atoms with Crippen molar-refractivity contribution in [1.29, 1.82) is 0 Å². The quantitative estimate of drug-likeness (QED) is 0.915. The topological polar surface area (TPSA) is 55.4 Å². The van der Waals surface area contributed by atoms with Gasteiger partial charge < -0.3 is 10.1 Å². The zero-order chi connectivity index (χ0) is 13.9. The molecule has 0 saturated carbocycles. The molecule has 0 spiro atoms. The lowest BCUT2D eigenvalue weighted by atomic mass is 9.87. The number of nitrogens with one attached hydrogen (secondary N) is 1. The van der Waals surface area contributed by atoms with Gasteiger partial charge in [-0.3, -0.25) is 0 Å². The summed E-state index contributed by atoms with van der Waals surface area (Å²) in [5.74, 6) is 0.494. The van der Waals surface area contributed by atoms with E-state index in [4.69, 9.17) is 4.74 Å². The highest BCUT2D eigenvalue weighted by Crippen LogP contribution is 2.30. The van der Waals surface area contributed by atoms with Gasteiger partial charge in [-0.1, -0.05) is 12.1 Å². The maximum absolute atomic E-state index is 11.6. The van der Waals surface area contributed by atoms with E-state index >= 15 is 0 Å². The van der Waals surface area contributed by atoms with E-state index in [2.05, 4.69) is 5.32 Å². The fourth-order valence-corrected chi connectivity index (χ4v) is 3.34.